The summed E-state index contributed by atoms with van der Waals surface area (Å²) in [7, 11) is 0. The van der Waals surface area contributed by atoms with Gasteiger partial charge in [0.15, 0.2) is 0 Å². The minimum atomic E-state index is 0.0419. The van der Waals surface area contributed by atoms with Crippen molar-refractivity contribution in [2.24, 2.45) is 5.73 Å². The van der Waals surface area contributed by atoms with Crippen LogP contribution in [0.5, 0.6) is 5.75 Å². The Labute approximate surface area is 136 Å². The summed E-state index contributed by atoms with van der Waals surface area (Å²) in [5, 5.41) is 0. The predicted octanol–water partition coefficient (Wildman–Crippen LogP) is 2.22. The molecule has 0 unspecified atom stereocenters. The molecule has 23 heavy (non-hydrogen) atoms. The Hall–Kier alpha value is -2.40. The topological polar surface area (TPSA) is 68.5 Å². The van der Waals surface area contributed by atoms with E-state index in [1.807, 2.05) is 35.2 Å². The first kappa shape index (κ1) is 15.5. The molecule has 3 rings (SSSR count). The van der Waals surface area contributed by atoms with E-state index >= 15 is 0 Å². The smallest absolute Gasteiger partial charge is 0.253 e. The number of benzene rings is 1. The predicted molar refractivity (Wildman–Crippen MR) is 88.1 cm³/mol. The van der Waals surface area contributed by atoms with Crippen molar-refractivity contribution in [2.75, 3.05) is 13.1 Å². The van der Waals surface area contributed by atoms with Crippen LogP contribution in [0.4, 0.5) is 0 Å². The van der Waals surface area contributed by atoms with Crippen molar-refractivity contribution in [2.45, 2.75) is 25.5 Å². The zero-order valence-electron chi connectivity index (χ0n) is 13.0. The average molecular weight is 311 g/mol. The van der Waals surface area contributed by atoms with E-state index in [1.165, 1.54) is 0 Å². The lowest BCUT2D eigenvalue weighted by Crippen LogP contribution is -2.41. The first-order chi connectivity index (χ1) is 11.3. The molecule has 2 N–H and O–H groups in total. The van der Waals surface area contributed by atoms with E-state index in [9.17, 15) is 4.79 Å². The van der Waals surface area contributed by atoms with Crippen LogP contribution in [-0.2, 0) is 6.54 Å². The maximum Gasteiger partial charge on any atom is 0.253 e. The highest BCUT2D eigenvalue weighted by Crippen LogP contribution is 2.20. The number of rotatable bonds is 4. The van der Waals surface area contributed by atoms with Crippen LogP contribution >= 0.6 is 0 Å². The van der Waals surface area contributed by atoms with Crippen molar-refractivity contribution >= 4 is 5.91 Å². The third kappa shape index (κ3) is 3.87. The Balaban J connectivity index is 1.57. The van der Waals surface area contributed by atoms with E-state index in [1.54, 1.807) is 18.3 Å². The molecule has 1 amide bonds. The number of para-hydroxylation sites is 1. The standard InChI is InChI=1S/C18H21N3O2/c19-13-15-12-14(6-9-20-15)18(22)21-10-7-17(8-11-21)23-16-4-2-1-3-5-16/h1-6,9,12,17H,7-8,10-11,13,19H2. The lowest BCUT2D eigenvalue weighted by Gasteiger charge is -2.32. The summed E-state index contributed by atoms with van der Waals surface area (Å²) in [6.07, 6.45) is 3.49. The van der Waals surface area contributed by atoms with Crippen LogP contribution in [0.1, 0.15) is 28.9 Å². The number of ether oxygens (including phenoxy) is 1. The van der Waals surface area contributed by atoms with Crippen LogP contribution in [-0.4, -0.2) is 35.0 Å². The average Bonchev–Trinajstić information content (AvgIpc) is 2.63. The zero-order chi connectivity index (χ0) is 16.1. The largest absolute Gasteiger partial charge is 0.490 e. The Morgan fingerprint density at radius 2 is 1.96 bits per heavy atom. The fraction of sp³-hybridized carbons (Fsp3) is 0.333. The van der Waals surface area contributed by atoms with E-state index < -0.39 is 0 Å². The number of carbonyl (C=O) groups excluding carboxylic acids is 1. The van der Waals surface area contributed by atoms with Crippen LogP contribution in [0.15, 0.2) is 48.7 Å². The molecule has 5 heteroatoms. The Morgan fingerprint density at radius 1 is 1.22 bits per heavy atom. The normalized spacial score (nSPS) is 15.4. The SMILES string of the molecule is NCc1cc(C(=O)N2CCC(Oc3ccccc3)CC2)ccn1. The molecule has 120 valence electrons. The van der Waals surface area contributed by atoms with Gasteiger partial charge in [0, 0.05) is 44.2 Å². The highest BCUT2D eigenvalue weighted by molar-refractivity contribution is 5.94. The van der Waals surface area contributed by atoms with Gasteiger partial charge in [-0.1, -0.05) is 18.2 Å². The Kier molecular flexibility index (Phi) is 4.88. The van der Waals surface area contributed by atoms with Crippen molar-refractivity contribution in [1.82, 2.24) is 9.88 Å². The summed E-state index contributed by atoms with van der Waals surface area (Å²) in [4.78, 5) is 18.6. The fourth-order valence-electron chi connectivity index (χ4n) is 2.77. The van der Waals surface area contributed by atoms with E-state index in [0.29, 0.717) is 25.2 Å². The highest BCUT2D eigenvalue weighted by Gasteiger charge is 2.24. The van der Waals surface area contributed by atoms with Crippen molar-refractivity contribution in [1.29, 1.82) is 0 Å². The fourth-order valence-corrected chi connectivity index (χ4v) is 2.77. The zero-order valence-corrected chi connectivity index (χ0v) is 13.0. The molecule has 0 bridgehead atoms. The molecule has 0 aliphatic carbocycles. The molecular formula is C18H21N3O2. The third-order valence-electron chi connectivity index (χ3n) is 4.05. The lowest BCUT2D eigenvalue weighted by atomic mass is 10.1. The van der Waals surface area contributed by atoms with Gasteiger partial charge in [-0.05, 0) is 24.3 Å². The summed E-state index contributed by atoms with van der Waals surface area (Å²) in [6.45, 7) is 1.75. The highest BCUT2D eigenvalue weighted by atomic mass is 16.5. The van der Waals surface area contributed by atoms with Crippen LogP contribution in [0.2, 0.25) is 0 Å². The number of hydrogen-bond donors (Lipinski definition) is 1. The molecule has 1 aliphatic heterocycles. The number of hydrogen-bond acceptors (Lipinski definition) is 4. The van der Waals surface area contributed by atoms with Crippen LogP contribution < -0.4 is 10.5 Å². The van der Waals surface area contributed by atoms with E-state index in [0.717, 1.165) is 24.3 Å². The van der Waals surface area contributed by atoms with Gasteiger partial charge in [-0.2, -0.15) is 0 Å². The minimum absolute atomic E-state index is 0.0419. The van der Waals surface area contributed by atoms with Crippen LogP contribution in [0, 0.1) is 0 Å². The first-order valence-corrected chi connectivity index (χ1v) is 7.92. The number of nitrogens with two attached hydrogens (primary N) is 1. The van der Waals surface area contributed by atoms with E-state index in [-0.39, 0.29) is 12.0 Å². The van der Waals surface area contributed by atoms with Gasteiger partial charge in [0.1, 0.15) is 11.9 Å². The second kappa shape index (κ2) is 7.24. The van der Waals surface area contributed by atoms with Gasteiger partial charge in [-0.25, -0.2) is 0 Å². The molecular weight excluding hydrogens is 290 g/mol. The molecule has 1 saturated heterocycles. The summed E-state index contributed by atoms with van der Waals surface area (Å²) in [6, 6.07) is 13.3. The molecule has 1 aromatic heterocycles. The second-order valence-electron chi connectivity index (χ2n) is 5.66. The number of aromatic nitrogens is 1. The summed E-state index contributed by atoms with van der Waals surface area (Å²) >= 11 is 0. The number of nitrogens with zero attached hydrogens (tertiary/aromatic N) is 2. The molecule has 1 aliphatic rings. The van der Waals surface area contributed by atoms with Crippen molar-refractivity contribution in [3.8, 4) is 5.75 Å². The van der Waals surface area contributed by atoms with Crippen LogP contribution in [0.25, 0.3) is 0 Å². The molecule has 0 saturated carbocycles. The molecule has 0 atom stereocenters. The number of carbonyl (C=O) groups is 1. The van der Waals surface area contributed by atoms with Gasteiger partial charge < -0.3 is 15.4 Å². The Morgan fingerprint density at radius 3 is 2.65 bits per heavy atom. The Bertz CT molecular complexity index is 652. The summed E-state index contributed by atoms with van der Waals surface area (Å²) in [5.74, 6) is 0.930. The molecule has 0 radical (unpaired) electrons. The maximum atomic E-state index is 12.5. The van der Waals surface area contributed by atoms with Crippen molar-refractivity contribution in [3.63, 3.8) is 0 Å². The molecule has 1 aromatic carbocycles. The number of amides is 1. The molecule has 5 nitrogen and oxygen atoms in total. The lowest BCUT2D eigenvalue weighted by molar-refractivity contribution is 0.0595. The second-order valence-corrected chi connectivity index (χ2v) is 5.66. The van der Waals surface area contributed by atoms with Crippen LogP contribution in [0.3, 0.4) is 0 Å². The molecule has 0 spiro atoms. The molecule has 2 aromatic rings. The first-order valence-electron chi connectivity index (χ1n) is 7.92. The van der Waals surface area contributed by atoms with Gasteiger partial charge in [0.25, 0.3) is 5.91 Å². The third-order valence-corrected chi connectivity index (χ3v) is 4.05. The molecule has 1 fully saturated rings. The maximum absolute atomic E-state index is 12.5. The van der Waals surface area contributed by atoms with E-state index in [2.05, 4.69) is 4.98 Å². The summed E-state index contributed by atoms with van der Waals surface area (Å²) < 4.78 is 5.96. The van der Waals surface area contributed by atoms with Gasteiger partial charge in [-0.3, -0.25) is 9.78 Å². The van der Waals surface area contributed by atoms with Gasteiger partial charge in [-0.15, -0.1) is 0 Å². The molecule has 2 heterocycles. The quantitative estimate of drug-likeness (QED) is 0.940. The van der Waals surface area contributed by atoms with E-state index in [4.69, 9.17) is 10.5 Å². The minimum Gasteiger partial charge on any atom is -0.490 e. The van der Waals surface area contributed by atoms with Gasteiger partial charge in [0.2, 0.25) is 0 Å². The van der Waals surface area contributed by atoms with Gasteiger partial charge >= 0.3 is 0 Å². The number of pyridine rings is 1. The number of likely N-dealkylation sites (tertiary alicyclic amines) is 1. The number of piperidine rings is 1. The van der Waals surface area contributed by atoms with Crippen molar-refractivity contribution in [3.05, 3.63) is 59.9 Å². The monoisotopic (exact) mass is 311 g/mol. The van der Waals surface area contributed by atoms with Gasteiger partial charge in [0.05, 0.1) is 5.69 Å². The summed E-state index contributed by atoms with van der Waals surface area (Å²) in [5.41, 5.74) is 6.97. The van der Waals surface area contributed by atoms with Crippen molar-refractivity contribution < 1.29 is 9.53 Å².